The molecule has 0 atom stereocenters. The number of unbranched alkanes of at least 4 members (excludes halogenated alkanes) is 7. The summed E-state index contributed by atoms with van der Waals surface area (Å²) in [6, 6.07) is 0. The van der Waals surface area contributed by atoms with E-state index in [0.29, 0.717) is 6.42 Å². The van der Waals surface area contributed by atoms with Crippen molar-refractivity contribution in [2.45, 2.75) is 64.7 Å². The van der Waals surface area contributed by atoms with Crippen LogP contribution in [0.25, 0.3) is 0 Å². The topological polar surface area (TPSA) is 112 Å². The Morgan fingerprint density at radius 2 is 1.12 bits per heavy atom. The van der Waals surface area contributed by atoms with E-state index in [2.05, 4.69) is 19.1 Å². The molecule has 0 spiro atoms. The first-order chi connectivity index (χ1) is 12.3. The molecular weight excluding hydrogens is 338 g/mol. The largest absolute Gasteiger partial charge is 0.477 e. The van der Waals surface area contributed by atoms with Gasteiger partial charge in [-0.3, -0.25) is 4.48 Å². The van der Waals surface area contributed by atoms with Crippen LogP contribution >= 0.6 is 0 Å². The van der Waals surface area contributed by atoms with E-state index in [1.807, 2.05) is 0 Å². The average Bonchev–Trinajstić information content (AvgIpc) is 2.50. The molecule has 0 fully saturated rings. The minimum Gasteiger partial charge on any atom is -0.477 e. The first-order valence-electron chi connectivity index (χ1n) is 9.47. The monoisotopic (exact) mass is 372 g/mol. The summed E-state index contributed by atoms with van der Waals surface area (Å²) >= 11 is 0. The van der Waals surface area contributed by atoms with Gasteiger partial charge in [0.1, 0.15) is 0 Å². The number of carbonyl (C=O) groups is 3. The van der Waals surface area contributed by atoms with Crippen molar-refractivity contribution >= 4 is 17.9 Å². The van der Waals surface area contributed by atoms with Crippen molar-refractivity contribution in [1.82, 2.24) is 0 Å². The Bertz CT molecular complexity index is 420. The molecule has 0 aliphatic carbocycles. The lowest BCUT2D eigenvalue weighted by molar-refractivity contribution is -0.907. The van der Waals surface area contributed by atoms with Crippen molar-refractivity contribution < 1.29 is 34.2 Å². The van der Waals surface area contributed by atoms with Gasteiger partial charge < -0.3 is 15.3 Å². The molecule has 0 heterocycles. The molecule has 0 unspecified atom stereocenters. The zero-order chi connectivity index (χ0) is 19.8. The van der Waals surface area contributed by atoms with Crippen molar-refractivity contribution in [2.75, 3.05) is 26.2 Å². The molecule has 0 saturated carbocycles. The molecule has 0 bridgehead atoms. The van der Waals surface area contributed by atoms with Crippen molar-refractivity contribution in [1.29, 1.82) is 0 Å². The van der Waals surface area contributed by atoms with Crippen molar-refractivity contribution in [3.05, 3.63) is 12.2 Å². The Labute approximate surface area is 155 Å². The summed E-state index contributed by atoms with van der Waals surface area (Å²) in [4.78, 5) is 33.2. The first-order valence-corrected chi connectivity index (χ1v) is 9.47. The Kier molecular flexibility index (Phi) is 13.3. The molecule has 0 aliphatic heterocycles. The fourth-order valence-electron chi connectivity index (χ4n) is 3.08. The van der Waals surface area contributed by atoms with E-state index in [-0.39, 0.29) is 6.54 Å². The minimum absolute atomic E-state index is 0.248. The van der Waals surface area contributed by atoms with Gasteiger partial charge >= 0.3 is 17.9 Å². The van der Waals surface area contributed by atoms with Crippen LogP contribution in [0, 0.1) is 0 Å². The van der Waals surface area contributed by atoms with E-state index in [0.717, 1.165) is 32.1 Å². The molecule has 0 amide bonds. The fourth-order valence-corrected chi connectivity index (χ4v) is 3.08. The van der Waals surface area contributed by atoms with Crippen LogP contribution in [0.4, 0.5) is 0 Å². The van der Waals surface area contributed by atoms with Gasteiger partial charge in [0, 0.05) is 0 Å². The molecule has 0 rings (SSSR count). The molecule has 0 radical (unpaired) electrons. The average molecular weight is 372 g/mol. The van der Waals surface area contributed by atoms with Crippen LogP contribution in [0.15, 0.2) is 12.2 Å². The second kappa shape index (κ2) is 14.3. The molecule has 0 saturated heterocycles. The Hall–Kier alpha value is -1.89. The van der Waals surface area contributed by atoms with Gasteiger partial charge in [-0.2, -0.15) is 0 Å². The minimum atomic E-state index is -1.18. The van der Waals surface area contributed by atoms with Crippen molar-refractivity contribution in [3.63, 3.8) is 0 Å². The van der Waals surface area contributed by atoms with Crippen molar-refractivity contribution in [3.8, 4) is 0 Å². The van der Waals surface area contributed by atoms with Gasteiger partial charge in [-0.05, 0) is 38.5 Å². The number of carboxylic acids is 3. The van der Waals surface area contributed by atoms with Crippen molar-refractivity contribution in [2.24, 2.45) is 0 Å². The normalized spacial score (nSPS) is 11.7. The number of carboxylic acid groups (broad SMARTS) is 3. The summed E-state index contributed by atoms with van der Waals surface area (Å²) in [5.74, 6) is -3.54. The van der Waals surface area contributed by atoms with E-state index in [9.17, 15) is 14.4 Å². The van der Waals surface area contributed by atoms with E-state index in [4.69, 9.17) is 15.3 Å². The second-order valence-corrected chi connectivity index (χ2v) is 6.89. The number of aliphatic carboxylic acids is 3. The molecule has 7 nitrogen and oxygen atoms in total. The highest BCUT2D eigenvalue weighted by Crippen LogP contribution is 2.13. The van der Waals surface area contributed by atoms with Crippen LogP contribution < -0.4 is 0 Å². The second-order valence-electron chi connectivity index (χ2n) is 6.89. The summed E-state index contributed by atoms with van der Waals surface area (Å²) in [7, 11) is 0. The highest BCUT2D eigenvalue weighted by Gasteiger charge is 2.35. The lowest BCUT2D eigenvalue weighted by Gasteiger charge is -2.34. The molecule has 3 N–H and O–H groups in total. The molecule has 26 heavy (non-hydrogen) atoms. The zero-order valence-corrected chi connectivity index (χ0v) is 15.9. The van der Waals surface area contributed by atoms with Gasteiger partial charge in [0.2, 0.25) is 0 Å². The molecular formula is C19H34NO6+. The molecule has 150 valence electrons. The number of nitrogens with zero attached hydrogens (tertiary/aromatic N) is 1. The van der Waals surface area contributed by atoms with Crippen LogP contribution in [0.3, 0.4) is 0 Å². The maximum atomic E-state index is 11.1. The zero-order valence-electron chi connectivity index (χ0n) is 15.9. The lowest BCUT2D eigenvalue weighted by Crippen LogP contribution is -2.57. The Morgan fingerprint density at radius 3 is 1.54 bits per heavy atom. The molecule has 0 aromatic rings. The Balaban J connectivity index is 4.25. The predicted octanol–water partition coefficient (Wildman–Crippen LogP) is 3.14. The summed E-state index contributed by atoms with van der Waals surface area (Å²) < 4.78 is -0.447. The molecule has 0 aromatic heterocycles. The van der Waals surface area contributed by atoms with Crippen LogP contribution in [-0.2, 0) is 14.4 Å². The maximum Gasteiger partial charge on any atom is 0.359 e. The third-order valence-corrected chi connectivity index (χ3v) is 4.31. The number of hydrogen-bond acceptors (Lipinski definition) is 3. The quantitative estimate of drug-likeness (QED) is 0.205. The van der Waals surface area contributed by atoms with E-state index in [1.54, 1.807) is 0 Å². The first kappa shape index (κ1) is 24.1. The van der Waals surface area contributed by atoms with Gasteiger partial charge in [-0.1, -0.05) is 38.3 Å². The van der Waals surface area contributed by atoms with E-state index < -0.39 is 42.0 Å². The number of allylic oxidation sites excluding steroid dienone is 2. The van der Waals surface area contributed by atoms with Crippen LogP contribution in [0.1, 0.15) is 64.7 Å². The lowest BCUT2D eigenvalue weighted by atomic mass is 10.1. The fraction of sp³-hybridized carbons (Fsp3) is 0.737. The standard InChI is InChI=1S/C19H33NO6/c1-2-3-4-5-6-7-8-9-10-11-12-13-20(14-17(21)22,15-18(23)24)16-19(25)26/h6-7H,2-5,8-16H2,1H3,(H2-,21,22,23,24,25,26)/p+1/b7-6+. The SMILES string of the molecule is CCCCC/C=C/CCCCCC[N+](CC(=O)O)(CC(=O)O)CC(=O)O. The molecule has 7 heteroatoms. The third-order valence-electron chi connectivity index (χ3n) is 4.31. The van der Waals surface area contributed by atoms with Gasteiger partial charge in [-0.15, -0.1) is 0 Å². The summed E-state index contributed by atoms with van der Waals surface area (Å²) in [6.07, 6.45) is 13.7. The summed E-state index contributed by atoms with van der Waals surface area (Å²) in [6.45, 7) is 0.968. The van der Waals surface area contributed by atoms with Gasteiger partial charge in [-0.25, -0.2) is 14.4 Å². The summed E-state index contributed by atoms with van der Waals surface area (Å²) in [5.41, 5.74) is 0. The number of hydrogen-bond donors (Lipinski definition) is 3. The van der Waals surface area contributed by atoms with E-state index in [1.165, 1.54) is 19.3 Å². The van der Waals surface area contributed by atoms with Crippen LogP contribution in [-0.4, -0.2) is 63.9 Å². The summed E-state index contributed by atoms with van der Waals surface area (Å²) in [5, 5.41) is 27.1. The van der Waals surface area contributed by atoms with Gasteiger partial charge in [0.25, 0.3) is 0 Å². The van der Waals surface area contributed by atoms with E-state index >= 15 is 0 Å². The van der Waals surface area contributed by atoms with Gasteiger partial charge in [0.15, 0.2) is 19.6 Å². The number of rotatable bonds is 17. The van der Waals surface area contributed by atoms with Gasteiger partial charge in [0.05, 0.1) is 6.54 Å². The van der Waals surface area contributed by atoms with Crippen LogP contribution in [0.5, 0.6) is 0 Å². The number of quaternary nitrogens is 1. The third kappa shape index (κ3) is 13.4. The smallest absolute Gasteiger partial charge is 0.359 e. The molecule has 0 aliphatic rings. The van der Waals surface area contributed by atoms with Crippen LogP contribution in [0.2, 0.25) is 0 Å². The highest BCUT2D eigenvalue weighted by atomic mass is 16.4. The predicted molar refractivity (Wildman–Crippen MR) is 99.0 cm³/mol. The molecule has 0 aromatic carbocycles. The Morgan fingerprint density at radius 1 is 0.692 bits per heavy atom. The maximum absolute atomic E-state index is 11.1. The highest BCUT2D eigenvalue weighted by molar-refractivity contribution is 5.73.